The predicted molar refractivity (Wildman–Crippen MR) is 88.3 cm³/mol. The number of carbonyl (C=O) groups excluding carboxylic acids is 2. The van der Waals surface area contributed by atoms with Gasteiger partial charge in [-0.15, -0.1) is 0 Å². The summed E-state index contributed by atoms with van der Waals surface area (Å²) in [6.45, 7) is 3.12. The minimum absolute atomic E-state index is 0.0109. The lowest BCUT2D eigenvalue weighted by molar-refractivity contribution is -0.174. The van der Waals surface area contributed by atoms with Crippen molar-refractivity contribution < 1.29 is 23.1 Å². The van der Waals surface area contributed by atoms with Crippen molar-refractivity contribution in [1.29, 1.82) is 5.26 Å². The van der Waals surface area contributed by atoms with E-state index in [1.54, 1.807) is 13.8 Å². The van der Waals surface area contributed by atoms with Crippen molar-refractivity contribution in [1.82, 2.24) is 14.9 Å². The summed E-state index contributed by atoms with van der Waals surface area (Å²) in [5.41, 5.74) is -2.15. The molecule has 142 valence electrons. The number of allylic oxidation sites excluding steroid dienone is 1. The molecule has 0 aromatic carbocycles. The lowest BCUT2D eigenvalue weighted by Gasteiger charge is -2.46. The third-order valence-electron chi connectivity index (χ3n) is 4.74. The second kappa shape index (κ2) is 6.46. The van der Waals surface area contributed by atoms with Gasteiger partial charge in [0.05, 0.1) is 18.7 Å². The first-order valence-electron chi connectivity index (χ1n) is 8.38. The van der Waals surface area contributed by atoms with Gasteiger partial charge in [0.1, 0.15) is 11.7 Å². The molecule has 1 spiro atoms. The molecule has 0 bridgehead atoms. The molecule has 1 unspecified atom stereocenters. The molecule has 1 aromatic heterocycles. The van der Waals surface area contributed by atoms with Crippen molar-refractivity contribution in [2.24, 2.45) is 5.41 Å². The SMILES string of the molecule is CC1(C)CC2(C=C(C#N)C1=O)CN(C(=O)C(F)(F)c1ncccn1)CCO2. The topological polar surface area (TPSA) is 96.2 Å². The van der Waals surface area contributed by atoms with Crippen LogP contribution in [0.3, 0.4) is 0 Å². The number of hydrogen-bond donors (Lipinski definition) is 0. The summed E-state index contributed by atoms with van der Waals surface area (Å²) in [4.78, 5) is 32.8. The number of hydrogen-bond acceptors (Lipinski definition) is 6. The third kappa shape index (κ3) is 3.32. The molecule has 3 rings (SSSR count). The summed E-state index contributed by atoms with van der Waals surface area (Å²) in [5, 5.41) is 9.25. The zero-order valence-electron chi connectivity index (χ0n) is 14.9. The second-order valence-electron chi connectivity index (χ2n) is 7.35. The van der Waals surface area contributed by atoms with E-state index in [1.807, 2.05) is 6.07 Å². The number of ketones is 1. The van der Waals surface area contributed by atoms with E-state index < -0.39 is 28.7 Å². The summed E-state index contributed by atoms with van der Waals surface area (Å²) in [6, 6.07) is 3.22. The van der Waals surface area contributed by atoms with Crippen LogP contribution in [0, 0.1) is 16.7 Å². The standard InChI is InChI=1S/C18H18F2N4O3/c1-16(2)10-17(8-12(9-21)13(16)25)11-24(6-7-27-17)15(26)18(19,20)14-22-4-3-5-23-14/h3-5,8H,6-7,10-11H2,1-2H3. The number of ether oxygens (including phenoxy) is 1. The van der Waals surface area contributed by atoms with Gasteiger partial charge < -0.3 is 9.64 Å². The van der Waals surface area contributed by atoms with E-state index in [9.17, 15) is 23.6 Å². The van der Waals surface area contributed by atoms with Gasteiger partial charge in [0.15, 0.2) is 5.78 Å². The second-order valence-corrected chi connectivity index (χ2v) is 7.35. The highest BCUT2D eigenvalue weighted by molar-refractivity contribution is 6.04. The number of carbonyl (C=O) groups is 2. The molecule has 27 heavy (non-hydrogen) atoms. The molecule has 1 aliphatic carbocycles. The van der Waals surface area contributed by atoms with E-state index in [0.717, 1.165) is 17.3 Å². The summed E-state index contributed by atoms with van der Waals surface area (Å²) in [7, 11) is 0. The molecule has 9 heteroatoms. The summed E-state index contributed by atoms with van der Waals surface area (Å²) >= 11 is 0. The van der Waals surface area contributed by atoms with Crippen LogP contribution in [0.1, 0.15) is 26.1 Å². The van der Waals surface area contributed by atoms with Crippen LogP contribution in [-0.4, -0.2) is 51.9 Å². The quantitative estimate of drug-likeness (QED) is 0.778. The smallest absolute Gasteiger partial charge is 0.367 e. The predicted octanol–water partition coefficient (Wildman–Crippen LogP) is 1.61. The zero-order chi connectivity index (χ0) is 19.9. The molecule has 1 atom stereocenters. The van der Waals surface area contributed by atoms with Crippen LogP contribution >= 0.6 is 0 Å². The number of halogens is 2. The van der Waals surface area contributed by atoms with Gasteiger partial charge in [-0.05, 0) is 18.6 Å². The maximum Gasteiger partial charge on any atom is 0.383 e. The van der Waals surface area contributed by atoms with E-state index in [2.05, 4.69) is 9.97 Å². The number of aromatic nitrogens is 2. The largest absolute Gasteiger partial charge is 0.383 e. The molecule has 0 N–H and O–H groups in total. The maximum absolute atomic E-state index is 14.6. The highest BCUT2D eigenvalue weighted by Crippen LogP contribution is 2.42. The van der Waals surface area contributed by atoms with Gasteiger partial charge >= 0.3 is 11.8 Å². The van der Waals surface area contributed by atoms with Crippen molar-refractivity contribution in [3.8, 4) is 6.07 Å². The fourth-order valence-corrected chi connectivity index (χ4v) is 3.59. The van der Waals surface area contributed by atoms with E-state index in [0.29, 0.717) is 0 Å². The van der Waals surface area contributed by atoms with Gasteiger partial charge in [0, 0.05) is 24.4 Å². The average Bonchev–Trinajstić information content (AvgIpc) is 2.64. The molecule has 2 aliphatic rings. The van der Waals surface area contributed by atoms with Crippen LogP contribution in [-0.2, 0) is 20.2 Å². The Morgan fingerprint density at radius 3 is 2.67 bits per heavy atom. The van der Waals surface area contributed by atoms with Gasteiger partial charge in [-0.2, -0.15) is 14.0 Å². The Morgan fingerprint density at radius 1 is 1.37 bits per heavy atom. The molecular formula is C18H18F2N4O3. The molecule has 1 amide bonds. The van der Waals surface area contributed by atoms with E-state index in [1.165, 1.54) is 12.1 Å². The monoisotopic (exact) mass is 376 g/mol. The summed E-state index contributed by atoms with van der Waals surface area (Å²) < 4.78 is 34.9. The fourth-order valence-electron chi connectivity index (χ4n) is 3.59. The zero-order valence-corrected chi connectivity index (χ0v) is 14.9. The molecule has 7 nitrogen and oxygen atoms in total. The molecule has 2 heterocycles. The third-order valence-corrected chi connectivity index (χ3v) is 4.74. The molecule has 0 radical (unpaired) electrons. The lowest BCUT2D eigenvalue weighted by Crippen LogP contribution is -2.59. The number of morpholine rings is 1. The Bertz CT molecular complexity index is 848. The van der Waals surface area contributed by atoms with Gasteiger partial charge in [-0.25, -0.2) is 9.97 Å². The van der Waals surface area contributed by atoms with Crippen molar-refractivity contribution in [2.75, 3.05) is 19.7 Å². The summed E-state index contributed by atoms with van der Waals surface area (Å²) in [5.74, 6) is -6.52. The van der Waals surface area contributed by atoms with Crippen LogP contribution in [0.25, 0.3) is 0 Å². The van der Waals surface area contributed by atoms with E-state index in [4.69, 9.17) is 4.74 Å². The van der Waals surface area contributed by atoms with Crippen molar-refractivity contribution in [3.05, 3.63) is 35.9 Å². The minimum atomic E-state index is -3.89. The van der Waals surface area contributed by atoms with Gasteiger partial charge in [0.25, 0.3) is 0 Å². The molecular weight excluding hydrogens is 358 g/mol. The van der Waals surface area contributed by atoms with Crippen molar-refractivity contribution in [3.63, 3.8) is 0 Å². The van der Waals surface area contributed by atoms with Crippen molar-refractivity contribution in [2.45, 2.75) is 31.8 Å². The Morgan fingerprint density at radius 2 is 2.04 bits per heavy atom. The highest BCUT2D eigenvalue weighted by Gasteiger charge is 2.52. The first-order chi connectivity index (χ1) is 12.6. The normalized spacial score (nSPS) is 25.1. The Hall–Kier alpha value is -2.73. The van der Waals surface area contributed by atoms with Crippen LogP contribution in [0.2, 0.25) is 0 Å². The fraction of sp³-hybridized carbons (Fsp3) is 0.500. The Kier molecular flexibility index (Phi) is 4.56. The van der Waals surface area contributed by atoms with Gasteiger partial charge in [-0.3, -0.25) is 9.59 Å². The molecule has 1 aliphatic heterocycles. The van der Waals surface area contributed by atoms with Crippen LogP contribution in [0.15, 0.2) is 30.1 Å². The van der Waals surface area contributed by atoms with E-state index in [-0.39, 0.29) is 37.5 Å². The molecule has 1 fully saturated rings. The molecule has 0 saturated carbocycles. The average molecular weight is 376 g/mol. The lowest BCUT2D eigenvalue weighted by atomic mass is 9.69. The molecule has 1 aromatic rings. The van der Waals surface area contributed by atoms with E-state index >= 15 is 0 Å². The van der Waals surface area contributed by atoms with Gasteiger partial charge in [-0.1, -0.05) is 13.8 Å². The molecule has 1 saturated heterocycles. The number of alkyl halides is 2. The number of Topliss-reactive ketones (excluding diaryl/α,β-unsaturated/α-hetero) is 1. The van der Waals surface area contributed by atoms with Gasteiger partial charge in [0.2, 0.25) is 5.82 Å². The number of nitrogens with zero attached hydrogens (tertiary/aromatic N) is 4. The summed E-state index contributed by atoms with van der Waals surface area (Å²) in [6.07, 6.45) is 3.82. The van der Waals surface area contributed by atoms with Crippen molar-refractivity contribution >= 4 is 11.7 Å². The highest BCUT2D eigenvalue weighted by atomic mass is 19.3. The number of amides is 1. The number of nitriles is 1. The van der Waals surface area contributed by atoms with Crippen LogP contribution < -0.4 is 0 Å². The van der Waals surface area contributed by atoms with Crippen LogP contribution in [0.5, 0.6) is 0 Å². The number of rotatable bonds is 2. The first kappa shape index (κ1) is 19.0. The maximum atomic E-state index is 14.6. The minimum Gasteiger partial charge on any atom is -0.367 e. The Labute approximate surface area is 154 Å². The Balaban J connectivity index is 1.90. The first-order valence-corrected chi connectivity index (χ1v) is 8.38. The van der Waals surface area contributed by atoms with Crippen LogP contribution in [0.4, 0.5) is 8.78 Å².